The molecule has 1 unspecified atom stereocenters. The molecular formula is C12H9BrCl2S. The molecule has 0 aliphatic heterocycles. The van der Waals surface area contributed by atoms with Crippen molar-refractivity contribution in [2.24, 2.45) is 0 Å². The largest absolute Gasteiger partial charge is 0.152 e. The molecule has 16 heavy (non-hydrogen) atoms. The zero-order chi connectivity index (χ0) is 11.5. The van der Waals surface area contributed by atoms with Crippen molar-refractivity contribution in [3.63, 3.8) is 0 Å². The second-order valence-corrected chi connectivity index (χ2v) is 5.99. The maximum absolute atomic E-state index is 6.37. The van der Waals surface area contributed by atoms with Crippen LogP contribution in [-0.2, 0) is 6.42 Å². The molecule has 1 heterocycles. The van der Waals surface area contributed by atoms with Crippen molar-refractivity contribution in [1.29, 1.82) is 0 Å². The van der Waals surface area contributed by atoms with E-state index >= 15 is 0 Å². The van der Waals surface area contributed by atoms with Gasteiger partial charge < -0.3 is 0 Å². The zero-order valence-corrected chi connectivity index (χ0v) is 12.2. The number of hydrogen-bond acceptors (Lipinski definition) is 1. The van der Waals surface area contributed by atoms with Gasteiger partial charge in [0.25, 0.3) is 0 Å². The lowest BCUT2D eigenvalue weighted by Gasteiger charge is -2.11. The minimum Gasteiger partial charge on any atom is -0.152 e. The fraction of sp³-hybridized carbons (Fsp3) is 0.167. The highest BCUT2D eigenvalue weighted by Gasteiger charge is 2.14. The van der Waals surface area contributed by atoms with Crippen LogP contribution < -0.4 is 0 Å². The topological polar surface area (TPSA) is 0 Å². The van der Waals surface area contributed by atoms with E-state index in [9.17, 15) is 0 Å². The molecule has 0 N–H and O–H groups in total. The van der Waals surface area contributed by atoms with Gasteiger partial charge in [-0.3, -0.25) is 0 Å². The van der Waals surface area contributed by atoms with Gasteiger partial charge in [0.2, 0.25) is 0 Å². The van der Waals surface area contributed by atoms with Gasteiger partial charge >= 0.3 is 0 Å². The monoisotopic (exact) mass is 334 g/mol. The summed E-state index contributed by atoms with van der Waals surface area (Å²) in [5.41, 5.74) is 2.23. The fourth-order valence-corrected chi connectivity index (χ4v) is 3.22. The first-order chi connectivity index (χ1) is 7.68. The van der Waals surface area contributed by atoms with Gasteiger partial charge in [-0.05, 0) is 56.4 Å². The smallest absolute Gasteiger partial charge is 0.0640 e. The Balaban J connectivity index is 2.21. The quantitative estimate of drug-likeness (QED) is 0.632. The molecule has 1 aromatic heterocycles. The average molecular weight is 336 g/mol. The Morgan fingerprint density at radius 2 is 2.12 bits per heavy atom. The van der Waals surface area contributed by atoms with Crippen LogP contribution in [-0.4, -0.2) is 0 Å². The molecule has 1 atom stereocenters. The highest BCUT2D eigenvalue weighted by Crippen LogP contribution is 2.35. The van der Waals surface area contributed by atoms with Gasteiger partial charge in [-0.15, -0.1) is 11.6 Å². The van der Waals surface area contributed by atoms with Crippen LogP contribution in [0.1, 0.15) is 16.5 Å². The second-order valence-electron chi connectivity index (χ2n) is 3.45. The Kier molecular flexibility index (Phi) is 4.31. The molecule has 0 spiro atoms. The van der Waals surface area contributed by atoms with E-state index in [0.29, 0.717) is 5.02 Å². The lowest BCUT2D eigenvalue weighted by Crippen LogP contribution is -1.96. The molecule has 0 aliphatic carbocycles. The van der Waals surface area contributed by atoms with Crippen LogP contribution in [0.5, 0.6) is 0 Å². The molecule has 4 heteroatoms. The van der Waals surface area contributed by atoms with Crippen molar-refractivity contribution in [1.82, 2.24) is 0 Å². The summed E-state index contributed by atoms with van der Waals surface area (Å²) in [5.74, 6) is 0. The summed E-state index contributed by atoms with van der Waals surface area (Å²) in [6, 6.07) is 7.93. The second kappa shape index (κ2) is 5.54. The highest BCUT2D eigenvalue weighted by atomic mass is 79.9. The Labute approximate surface area is 117 Å². The van der Waals surface area contributed by atoms with Crippen molar-refractivity contribution < 1.29 is 0 Å². The normalized spacial score (nSPS) is 12.7. The third-order valence-electron chi connectivity index (χ3n) is 2.31. The molecule has 84 valence electrons. The summed E-state index contributed by atoms with van der Waals surface area (Å²) in [4.78, 5) is 0. The van der Waals surface area contributed by atoms with E-state index in [4.69, 9.17) is 23.2 Å². The van der Waals surface area contributed by atoms with Gasteiger partial charge in [-0.2, -0.15) is 11.3 Å². The maximum atomic E-state index is 6.37. The highest BCUT2D eigenvalue weighted by molar-refractivity contribution is 9.10. The van der Waals surface area contributed by atoms with Crippen LogP contribution in [0.25, 0.3) is 0 Å². The molecule has 2 rings (SSSR count). The van der Waals surface area contributed by atoms with Gasteiger partial charge in [0.05, 0.1) is 10.4 Å². The minimum absolute atomic E-state index is 0.0837. The van der Waals surface area contributed by atoms with Crippen LogP contribution in [0.15, 0.2) is 39.5 Å². The summed E-state index contributed by atoms with van der Waals surface area (Å²) < 4.78 is 0.891. The molecule has 0 aliphatic rings. The van der Waals surface area contributed by atoms with E-state index in [0.717, 1.165) is 16.5 Å². The standard InChI is InChI=1S/C12H9BrCl2S/c13-10-3-1-2-9(12(10)15)11(14)6-8-4-5-16-7-8/h1-5,7,11H,6H2. The lowest BCUT2D eigenvalue weighted by atomic mass is 10.1. The van der Waals surface area contributed by atoms with Crippen LogP contribution in [0, 0.1) is 0 Å². The lowest BCUT2D eigenvalue weighted by molar-refractivity contribution is 0.924. The van der Waals surface area contributed by atoms with Gasteiger partial charge in [0.15, 0.2) is 0 Å². The molecular weight excluding hydrogens is 327 g/mol. The van der Waals surface area contributed by atoms with Gasteiger partial charge in [0.1, 0.15) is 0 Å². The molecule has 0 saturated carbocycles. The number of benzene rings is 1. The van der Waals surface area contributed by atoms with Gasteiger partial charge in [-0.1, -0.05) is 23.7 Å². The predicted octanol–water partition coefficient (Wildman–Crippen LogP) is 5.69. The van der Waals surface area contributed by atoms with E-state index in [-0.39, 0.29) is 5.38 Å². The molecule has 2 aromatic rings. The van der Waals surface area contributed by atoms with Crippen molar-refractivity contribution in [3.8, 4) is 0 Å². The number of rotatable bonds is 3. The van der Waals surface area contributed by atoms with E-state index in [1.54, 1.807) is 11.3 Å². The summed E-state index contributed by atoms with van der Waals surface area (Å²) in [6.45, 7) is 0. The average Bonchev–Trinajstić information content (AvgIpc) is 2.74. The van der Waals surface area contributed by atoms with Crippen LogP contribution in [0.4, 0.5) is 0 Å². The van der Waals surface area contributed by atoms with Crippen LogP contribution in [0.2, 0.25) is 5.02 Å². The Morgan fingerprint density at radius 1 is 1.31 bits per heavy atom. The molecule has 0 fully saturated rings. The first kappa shape index (κ1) is 12.4. The molecule has 0 saturated heterocycles. The van der Waals surface area contributed by atoms with E-state index in [1.807, 2.05) is 18.2 Å². The van der Waals surface area contributed by atoms with E-state index in [2.05, 4.69) is 32.8 Å². The minimum atomic E-state index is -0.0837. The van der Waals surface area contributed by atoms with Crippen molar-refractivity contribution in [2.75, 3.05) is 0 Å². The van der Waals surface area contributed by atoms with Crippen molar-refractivity contribution in [2.45, 2.75) is 11.8 Å². The Bertz CT molecular complexity index is 468. The van der Waals surface area contributed by atoms with E-state index in [1.165, 1.54) is 5.56 Å². The molecule has 0 radical (unpaired) electrons. The molecule has 0 bridgehead atoms. The first-order valence-electron chi connectivity index (χ1n) is 4.77. The van der Waals surface area contributed by atoms with Gasteiger partial charge in [-0.25, -0.2) is 0 Å². The third kappa shape index (κ3) is 2.80. The number of thiophene rings is 1. The number of alkyl halides is 1. The van der Waals surface area contributed by atoms with Crippen LogP contribution >= 0.6 is 50.5 Å². The predicted molar refractivity (Wildman–Crippen MR) is 75.8 cm³/mol. The van der Waals surface area contributed by atoms with Crippen LogP contribution in [0.3, 0.4) is 0 Å². The SMILES string of the molecule is Clc1c(Br)cccc1C(Cl)Cc1ccsc1. The van der Waals surface area contributed by atoms with E-state index < -0.39 is 0 Å². The maximum Gasteiger partial charge on any atom is 0.0640 e. The summed E-state index contributed by atoms with van der Waals surface area (Å²) in [6.07, 6.45) is 0.807. The molecule has 1 aromatic carbocycles. The zero-order valence-electron chi connectivity index (χ0n) is 8.29. The fourth-order valence-electron chi connectivity index (χ4n) is 1.49. The van der Waals surface area contributed by atoms with Crippen molar-refractivity contribution >= 4 is 50.5 Å². The summed E-state index contributed by atoms with van der Waals surface area (Å²) >= 11 is 17.7. The summed E-state index contributed by atoms with van der Waals surface area (Å²) in [7, 11) is 0. The third-order valence-corrected chi connectivity index (χ3v) is 4.75. The number of hydrogen-bond donors (Lipinski definition) is 0. The Hall–Kier alpha value is -0.0200. The van der Waals surface area contributed by atoms with Crippen molar-refractivity contribution in [3.05, 3.63) is 55.6 Å². The molecule has 0 nitrogen and oxygen atoms in total. The number of halogens is 3. The molecule has 0 amide bonds. The summed E-state index contributed by atoms with van der Waals surface area (Å²) in [5, 5.41) is 4.79. The Morgan fingerprint density at radius 3 is 2.81 bits per heavy atom. The van der Waals surface area contributed by atoms with Gasteiger partial charge in [0, 0.05) is 4.47 Å². The first-order valence-corrected chi connectivity index (χ1v) is 7.32.